The molecule has 0 spiro atoms. The van der Waals surface area contributed by atoms with Gasteiger partial charge in [-0.25, -0.2) is 0 Å². The maximum atomic E-state index is 12.0. The van der Waals surface area contributed by atoms with Gasteiger partial charge in [0.25, 0.3) is 0 Å². The summed E-state index contributed by atoms with van der Waals surface area (Å²) in [5, 5.41) is 0.990. The van der Waals surface area contributed by atoms with E-state index in [0.29, 0.717) is 5.75 Å². The Morgan fingerprint density at radius 3 is 2.77 bits per heavy atom. The monoisotopic (exact) mass is 314 g/mol. The molecule has 2 heterocycles. The van der Waals surface area contributed by atoms with Crippen molar-refractivity contribution in [2.45, 2.75) is 13.0 Å². The Morgan fingerprint density at radius 1 is 1.09 bits per heavy atom. The zero-order chi connectivity index (χ0) is 15.3. The Kier molecular flexibility index (Phi) is 2.79. The van der Waals surface area contributed by atoms with E-state index in [-0.39, 0.29) is 0 Å². The molecule has 5 nitrogen and oxygen atoms in total. The normalized spacial score (nSPS) is 19.6. The molecule has 2 N–H and O–H groups in total. The van der Waals surface area contributed by atoms with E-state index in [1.54, 1.807) is 6.07 Å². The van der Waals surface area contributed by atoms with Crippen LogP contribution in [0, 0.1) is 6.92 Å². The van der Waals surface area contributed by atoms with Crippen molar-refractivity contribution in [1.29, 1.82) is 0 Å². The first-order valence-electron chi connectivity index (χ1n) is 6.92. The molecule has 6 heteroatoms. The molecular weight excluding hydrogens is 300 g/mol. The fourth-order valence-electron chi connectivity index (χ4n) is 2.88. The van der Waals surface area contributed by atoms with Crippen LogP contribution < -0.4 is 8.91 Å². The molecule has 1 aliphatic rings. The maximum absolute atomic E-state index is 12.0. The fourth-order valence-corrected chi connectivity index (χ4v) is 3.86. The molecule has 0 saturated heterocycles. The Labute approximate surface area is 128 Å². The molecule has 1 aromatic heterocycles. The van der Waals surface area contributed by atoms with Gasteiger partial charge in [-0.15, -0.1) is 0 Å². The lowest BCUT2D eigenvalue weighted by molar-refractivity contribution is 0.442. The number of H-pyrrole nitrogens is 1. The highest BCUT2D eigenvalue weighted by Crippen LogP contribution is 2.38. The molecule has 2 aromatic carbocycles. The van der Waals surface area contributed by atoms with Gasteiger partial charge in [0.05, 0.1) is 6.04 Å². The third-order valence-electron chi connectivity index (χ3n) is 3.87. The maximum Gasteiger partial charge on any atom is 0.383 e. The van der Waals surface area contributed by atoms with Gasteiger partial charge in [0.1, 0.15) is 5.75 Å². The van der Waals surface area contributed by atoms with E-state index in [4.69, 9.17) is 4.18 Å². The Hall–Kier alpha value is -2.31. The summed E-state index contributed by atoms with van der Waals surface area (Å²) in [4.78, 5) is 3.18. The van der Waals surface area contributed by atoms with E-state index in [0.717, 1.165) is 27.6 Å². The van der Waals surface area contributed by atoms with Crippen LogP contribution in [-0.2, 0) is 10.3 Å². The van der Waals surface area contributed by atoms with E-state index < -0.39 is 16.3 Å². The zero-order valence-corrected chi connectivity index (χ0v) is 12.6. The molecule has 1 aliphatic heterocycles. The number of aromatic nitrogens is 1. The first-order chi connectivity index (χ1) is 10.5. The molecule has 112 valence electrons. The summed E-state index contributed by atoms with van der Waals surface area (Å²) in [6.45, 7) is 1.97. The molecule has 0 radical (unpaired) electrons. The Bertz CT molecular complexity index is 976. The van der Waals surface area contributed by atoms with Crippen molar-refractivity contribution in [3.63, 3.8) is 0 Å². The quantitative estimate of drug-likeness (QED) is 0.725. The van der Waals surface area contributed by atoms with Crippen molar-refractivity contribution >= 4 is 21.2 Å². The van der Waals surface area contributed by atoms with Crippen molar-refractivity contribution in [3.8, 4) is 5.75 Å². The summed E-state index contributed by atoms with van der Waals surface area (Å²) < 4.78 is 31.7. The van der Waals surface area contributed by atoms with Crippen LogP contribution in [0.4, 0.5) is 0 Å². The molecule has 22 heavy (non-hydrogen) atoms. The predicted octanol–water partition coefficient (Wildman–Crippen LogP) is 2.79. The summed E-state index contributed by atoms with van der Waals surface area (Å²) in [5.74, 6) is 0.375. The van der Waals surface area contributed by atoms with Crippen LogP contribution in [0.25, 0.3) is 10.9 Å². The zero-order valence-electron chi connectivity index (χ0n) is 11.8. The van der Waals surface area contributed by atoms with Crippen molar-refractivity contribution in [2.24, 2.45) is 0 Å². The highest BCUT2D eigenvalue weighted by Gasteiger charge is 2.32. The van der Waals surface area contributed by atoms with Crippen molar-refractivity contribution < 1.29 is 12.6 Å². The van der Waals surface area contributed by atoms with Crippen molar-refractivity contribution in [1.82, 2.24) is 9.71 Å². The molecule has 3 aromatic rings. The second-order valence-corrected chi connectivity index (χ2v) is 6.73. The molecule has 1 unspecified atom stereocenters. The van der Waals surface area contributed by atoms with Gasteiger partial charge in [-0.1, -0.05) is 35.9 Å². The third-order valence-corrected chi connectivity index (χ3v) is 4.79. The highest BCUT2D eigenvalue weighted by atomic mass is 32.2. The van der Waals surface area contributed by atoms with Gasteiger partial charge < -0.3 is 9.17 Å². The van der Waals surface area contributed by atoms with Crippen LogP contribution in [0.3, 0.4) is 0 Å². The van der Waals surface area contributed by atoms with Gasteiger partial charge >= 0.3 is 10.3 Å². The van der Waals surface area contributed by atoms with Crippen LogP contribution in [0.1, 0.15) is 22.7 Å². The Balaban J connectivity index is 1.96. The Morgan fingerprint density at radius 2 is 1.91 bits per heavy atom. The molecule has 1 atom stereocenters. The number of para-hydroxylation sites is 1. The first-order valence-corrected chi connectivity index (χ1v) is 8.33. The van der Waals surface area contributed by atoms with Crippen molar-refractivity contribution in [3.05, 3.63) is 65.4 Å². The van der Waals surface area contributed by atoms with Gasteiger partial charge in [-0.05, 0) is 19.1 Å². The highest BCUT2D eigenvalue weighted by molar-refractivity contribution is 7.85. The van der Waals surface area contributed by atoms with Crippen molar-refractivity contribution in [2.75, 3.05) is 0 Å². The lowest BCUT2D eigenvalue weighted by Crippen LogP contribution is -2.37. The van der Waals surface area contributed by atoms with E-state index in [1.807, 2.05) is 49.5 Å². The number of hydrogen-bond donors (Lipinski definition) is 2. The van der Waals surface area contributed by atoms with Gasteiger partial charge in [0.2, 0.25) is 0 Å². The number of fused-ring (bicyclic) bond motifs is 2. The summed E-state index contributed by atoms with van der Waals surface area (Å²) >= 11 is 0. The molecular formula is C16H14N2O3S. The minimum atomic E-state index is -3.82. The van der Waals surface area contributed by atoms with Gasteiger partial charge in [-0.2, -0.15) is 13.1 Å². The summed E-state index contributed by atoms with van der Waals surface area (Å²) in [6.07, 6.45) is 1.84. The number of hydrogen-bond acceptors (Lipinski definition) is 3. The number of aromatic amines is 1. The summed E-state index contributed by atoms with van der Waals surface area (Å²) in [5.41, 5.74) is 3.72. The summed E-state index contributed by atoms with van der Waals surface area (Å²) in [6, 6.07) is 12.8. The average Bonchev–Trinajstić information content (AvgIpc) is 2.90. The largest absolute Gasteiger partial charge is 0.383 e. The van der Waals surface area contributed by atoms with Crippen LogP contribution in [0.2, 0.25) is 0 Å². The number of rotatable bonds is 1. The molecule has 4 rings (SSSR count). The van der Waals surface area contributed by atoms with Crippen LogP contribution in [0.15, 0.2) is 48.7 Å². The van der Waals surface area contributed by atoms with Crippen LogP contribution in [-0.4, -0.2) is 13.4 Å². The first kappa shape index (κ1) is 13.4. The molecule has 0 fully saturated rings. The molecule has 0 saturated carbocycles. The van der Waals surface area contributed by atoms with Crippen LogP contribution in [0.5, 0.6) is 5.75 Å². The van der Waals surface area contributed by atoms with E-state index >= 15 is 0 Å². The SMILES string of the molecule is Cc1ccc2c(c1)C(c1c[nH]c3ccccc13)NS(=O)(=O)O2. The van der Waals surface area contributed by atoms with Gasteiger partial charge in [0, 0.05) is 28.2 Å². The minimum Gasteiger partial charge on any atom is -0.371 e. The van der Waals surface area contributed by atoms with E-state index in [9.17, 15) is 8.42 Å². The van der Waals surface area contributed by atoms with E-state index in [1.165, 1.54) is 0 Å². The predicted molar refractivity (Wildman–Crippen MR) is 84.0 cm³/mol. The second kappa shape index (κ2) is 4.59. The number of aryl methyl sites for hydroxylation is 1. The smallest absolute Gasteiger partial charge is 0.371 e. The van der Waals surface area contributed by atoms with Crippen LogP contribution >= 0.6 is 0 Å². The second-order valence-electron chi connectivity index (χ2n) is 5.42. The van der Waals surface area contributed by atoms with Gasteiger partial charge in [0.15, 0.2) is 0 Å². The lowest BCUT2D eigenvalue weighted by atomic mass is 9.97. The molecule has 0 bridgehead atoms. The average molecular weight is 314 g/mol. The fraction of sp³-hybridized carbons (Fsp3) is 0.125. The van der Waals surface area contributed by atoms with E-state index in [2.05, 4.69) is 9.71 Å². The topological polar surface area (TPSA) is 71.2 Å². The minimum absolute atomic E-state index is 0.375. The standard InChI is InChI=1S/C16H14N2O3S/c1-10-6-7-15-12(8-10)16(18-22(19,20)21-15)13-9-17-14-5-3-2-4-11(13)14/h2-9,16-18H,1H3. The molecule has 0 aliphatic carbocycles. The number of nitrogens with one attached hydrogen (secondary N) is 2. The number of benzene rings is 2. The third kappa shape index (κ3) is 2.08. The lowest BCUT2D eigenvalue weighted by Gasteiger charge is -2.26. The van der Waals surface area contributed by atoms with Gasteiger partial charge in [-0.3, -0.25) is 0 Å². The molecule has 0 amide bonds. The summed E-state index contributed by atoms with van der Waals surface area (Å²) in [7, 11) is -3.82.